The molecule has 0 aliphatic carbocycles. The Morgan fingerprint density at radius 2 is 1.82 bits per heavy atom. The summed E-state index contributed by atoms with van der Waals surface area (Å²) in [7, 11) is 2.59. The van der Waals surface area contributed by atoms with Gasteiger partial charge in [0, 0.05) is 6.20 Å². The number of rotatable bonds is 2. The smallest absolute Gasteiger partial charge is 0.355 e. The molecule has 0 atom stereocenters. The van der Waals surface area contributed by atoms with Crippen LogP contribution in [-0.4, -0.2) is 30.6 Å². The molecule has 88 valence electrons. The summed E-state index contributed by atoms with van der Waals surface area (Å²) < 4.78 is 10.9. The number of ether oxygens (including phenoxy) is 2. The van der Waals surface area contributed by atoms with Crippen LogP contribution in [0.1, 0.15) is 20.8 Å². The van der Waals surface area contributed by atoms with Gasteiger partial charge in [0.2, 0.25) is 0 Å². The first kappa shape index (κ1) is 11.2. The van der Waals surface area contributed by atoms with E-state index >= 15 is 0 Å². The van der Waals surface area contributed by atoms with Crippen molar-refractivity contribution in [2.45, 2.75) is 0 Å². The minimum atomic E-state index is -0.499. The first-order chi connectivity index (χ1) is 8.19. The third-order valence-electron chi connectivity index (χ3n) is 2.48. The molecule has 2 aromatic heterocycles. The Morgan fingerprint density at radius 3 is 2.47 bits per heavy atom. The van der Waals surface area contributed by atoms with Gasteiger partial charge in [-0.3, -0.25) is 0 Å². The second-order valence-corrected chi connectivity index (χ2v) is 3.38. The second-order valence-electron chi connectivity index (χ2n) is 3.38. The van der Waals surface area contributed by atoms with Gasteiger partial charge in [0.05, 0.1) is 25.3 Å². The van der Waals surface area contributed by atoms with Crippen molar-refractivity contribution in [3.05, 3.63) is 41.7 Å². The summed E-state index contributed by atoms with van der Waals surface area (Å²) in [5.74, 6) is -0.981. The van der Waals surface area contributed by atoms with Crippen LogP contribution in [0.4, 0.5) is 0 Å². The van der Waals surface area contributed by atoms with Crippen LogP contribution in [0.25, 0.3) is 5.52 Å². The molecule has 5 heteroatoms. The molecule has 0 saturated heterocycles. The molecule has 0 radical (unpaired) electrons. The standard InChI is InChI=1S/C12H11NO4/c1-16-11(14)8-7-10(12(15)17-2)13-6-4-3-5-9(8)13/h3-7H,1-2H3. The molecule has 2 heterocycles. The SMILES string of the molecule is COC(=O)c1cc(C(=O)OC)n2ccccc12. The number of carbonyl (C=O) groups is 2. The van der Waals surface area contributed by atoms with E-state index in [1.165, 1.54) is 20.3 Å². The molecule has 0 spiro atoms. The van der Waals surface area contributed by atoms with E-state index < -0.39 is 11.9 Å². The number of methoxy groups -OCH3 is 2. The Kier molecular flexibility index (Phi) is 2.82. The highest BCUT2D eigenvalue weighted by Crippen LogP contribution is 2.18. The number of hydrogen-bond acceptors (Lipinski definition) is 4. The number of fused-ring (bicyclic) bond motifs is 1. The zero-order valence-corrected chi connectivity index (χ0v) is 9.47. The van der Waals surface area contributed by atoms with Crippen LogP contribution in [-0.2, 0) is 9.47 Å². The first-order valence-electron chi connectivity index (χ1n) is 4.95. The number of aromatic nitrogens is 1. The Labute approximate surface area is 97.6 Å². The van der Waals surface area contributed by atoms with Gasteiger partial charge in [-0.25, -0.2) is 9.59 Å². The zero-order valence-electron chi connectivity index (χ0n) is 9.47. The third kappa shape index (κ3) is 1.75. The van der Waals surface area contributed by atoms with Gasteiger partial charge in [-0.1, -0.05) is 6.07 Å². The van der Waals surface area contributed by atoms with Crippen molar-refractivity contribution in [2.75, 3.05) is 14.2 Å². The molecule has 0 aliphatic heterocycles. The van der Waals surface area contributed by atoms with E-state index in [2.05, 4.69) is 9.47 Å². The van der Waals surface area contributed by atoms with Crippen molar-refractivity contribution in [3.8, 4) is 0 Å². The summed E-state index contributed by atoms with van der Waals surface area (Å²) in [6.07, 6.45) is 1.69. The molecule has 0 unspecified atom stereocenters. The Bertz CT molecular complexity index is 535. The molecule has 5 nitrogen and oxygen atoms in total. The minimum absolute atomic E-state index is 0.295. The predicted octanol–water partition coefficient (Wildman–Crippen LogP) is 1.51. The largest absolute Gasteiger partial charge is 0.465 e. The normalized spacial score (nSPS) is 10.2. The van der Waals surface area contributed by atoms with Gasteiger partial charge in [0.25, 0.3) is 0 Å². The highest BCUT2D eigenvalue weighted by Gasteiger charge is 2.19. The molecule has 0 amide bonds. The number of pyridine rings is 1. The second kappa shape index (κ2) is 4.29. The molecule has 0 saturated carbocycles. The van der Waals surface area contributed by atoms with Gasteiger partial charge in [-0.05, 0) is 18.2 Å². The van der Waals surface area contributed by atoms with E-state index in [4.69, 9.17) is 0 Å². The van der Waals surface area contributed by atoms with Gasteiger partial charge >= 0.3 is 11.9 Å². The Morgan fingerprint density at radius 1 is 1.12 bits per heavy atom. The highest BCUT2D eigenvalue weighted by atomic mass is 16.5. The van der Waals surface area contributed by atoms with Crippen molar-refractivity contribution in [2.24, 2.45) is 0 Å². The van der Waals surface area contributed by atoms with Crippen LogP contribution < -0.4 is 0 Å². The molecule has 0 aromatic carbocycles. The molecule has 0 bridgehead atoms. The average molecular weight is 233 g/mol. The number of esters is 2. The molecule has 0 aliphatic rings. The fourth-order valence-electron chi connectivity index (χ4n) is 1.69. The maximum Gasteiger partial charge on any atom is 0.355 e. The van der Waals surface area contributed by atoms with Crippen LogP contribution in [0, 0.1) is 0 Å². The molecule has 0 N–H and O–H groups in total. The molecule has 17 heavy (non-hydrogen) atoms. The first-order valence-corrected chi connectivity index (χ1v) is 4.95. The number of hydrogen-bond donors (Lipinski definition) is 0. The van der Waals surface area contributed by atoms with E-state index in [1.807, 2.05) is 0 Å². The fourth-order valence-corrected chi connectivity index (χ4v) is 1.69. The van der Waals surface area contributed by atoms with Crippen molar-refractivity contribution < 1.29 is 19.1 Å². The van der Waals surface area contributed by atoms with E-state index in [9.17, 15) is 9.59 Å². The van der Waals surface area contributed by atoms with Crippen molar-refractivity contribution in [3.63, 3.8) is 0 Å². The lowest BCUT2D eigenvalue weighted by atomic mass is 10.2. The van der Waals surface area contributed by atoms with E-state index in [-0.39, 0.29) is 0 Å². The Balaban J connectivity index is 2.71. The number of carbonyl (C=O) groups excluding carboxylic acids is 2. The fraction of sp³-hybridized carbons (Fsp3) is 0.167. The van der Waals surface area contributed by atoms with E-state index in [0.29, 0.717) is 16.8 Å². The van der Waals surface area contributed by atoms with Gasteiger partial charge in [-0.2, -0.15) is 0 Å². The topological polar surface area (TPSA) is 57.0 Å². The lowest BCUT2D eigenvalue weighted by Crippen LogP contribution is -2.04. The summed E-state index contributed by atoms with van der Waals surface area (Å²) >= 11 is 0. The van der Waals surface area contributed by atoms with Gasteiger partial charge in [0.1, 0.15) is 5.69 Å². The lowest BCUT2D eigenvalue weighted by molar-refractivity contribution is 0.0592. The van der Waals surface area contributed by atoms with Crippen LogP contribution >= 0.6 is 0 Å². The maximum absolute atomic E-state index is 11.6. The van der Waals surface area contributed by atoms with Crippen molar-refractivity contribution in [1.82, 2.24) is 4.40 Å². The maximum atomic E-state index is 11.6. The molecule has 2 rings (SSSR count). The van der Waals surface area contributed by atoms with Crippen LogP contribution in [0.3, 0.4) is 0 Å². The summed E-state index contributed by atoms with van der Waals surface area (Å²) in [4.78, 5) is 23.1. The monoisotopic (exact) mass is 233 g/mol. The molecular formula is C12H11NO4. The predicted molar refractivity (Wildman–Crippen MR) is 60.1 cm³/mol. The molecular weight excluding hydrogens is 222 g/mol. The van der Waals surface area contributed by atoms with Crippen LogP contribution in [0.5, 0.6) is 0 Å². The highest BCUT2D eigenvalue weighted by molar-refractivity contribution is 6.01. The van der Waals surface area contributed by atoms with Crippen molar-refractivity contribution in [1.29, 1.82) is 0 Å². The summed E-state index contributed by atoms with van der Waals surface area (Å²) in [5, 5.41) is 0. The molecule has 2 aromatic rings. The van der Waals surface area contributed by atoms with Crippen LogP contribution in [0.15, 0.2) is 30.5 Å². The quantitative estimate of drug-likeness (QED) is 0.738. The average Bonchev–Trinajstić information content (AvgIpc) is 2.76. The Hall–Kier alpha value is -2.30. The van der Waals surface area contributed by atoms with Gasteiger partial charge in [0.15, 0.2) is 0 Å². The summed E-state index contributed by atoms with van der Waals surface area (Å²) in [5.41, 5.74) is 1.25. The third-order valence-corrected chi connectivity index (χ3v) is 2.48. The molecule has 0 fully saturated rings. The van der Waals surface area contributed by atoms with Crippen molar-refractivity contribution >= 4 is 17.5 Å². The van der Waals surface area contributed by atoms with Crippen LogP contribution in [0.2, 0.25) is 0 Å². The van der Waals surface area contributed by atoms with E-state index in [1.54, 1.807) is 28.8 Å². The van der Waals surface area contributed by atoms with Gasteiger partial charge < -0.3 is 13.9 Å². The summed E-state index contributed by atoms with van der Waals surface area (Å²) in [6, 6.07) is 6.75. The summed E-state index contributed by atoms with van der Waals surface area (Å²) in [6.45, 7) is 0. The minimum Gasteiger partial charge on any atom is -0.465 e. The van der Waals surface area contributed by atoms with Gasteiger partial charge in [-0.15, -0.1) is 0 Å². The van der Waals surface area contributed by atoms with E-state index in [0.717, 1.165) is 0 Å². The zero-order chi connectivity index (χ0) is 12.4. The lowest BCUT2D eigenvalue weighted by Gasteiger charge is -2.00. The number of nitrogens with zero attached hydrogens (tertiary/aromatic N) is 1.